The number of nitrogens with zero attached hydrogens (tertiary/aromatic N) is 2. The molecule has 1 aliphatic rings. The van der Waals surface area contributed by atoms with E-state index in [1.165, 1.54) is 6.07 Å². The minimum Gasteiger partial charge on any atom is -0.370 e. The normalized spacial score (nSPS) is 16.2. The quantitative estimate of drug-likeness (QED) is 0.866. The number of nitrogens with one attached hydrogen (secondary N) is 1. The summed E-state index contributed by atoms with van der Waals surface area (Å²) in [6.07, 6.45) is 5.53. The monoisotopic (exact) mass is 379 g/mol. The predicted octanol–water partition coefficient (Wildman–Crippen LogP) is 3.24. The highest BCUT2D eigenvalue weighted by molar-refractivity contribution is 7.89. The third-order valence-electron chi connectivity index (χ3n) is 4.63. The topological polar surface area (TPSA) is 62.3 Å². The van der Waals surface area contributed by atoms with Gasteiger partial charge in [-0.2, -0.15) is 0 Å². The maximum absolute atomic E-state index is 12.5. The van der Waals surface area contributed by atoms with Crippen LogP contribution < -0.4 is 9.62 Å². The molecular weight excluding hydrogens is 358 g/mol. The van der Waals surface area contributed by atoms with E-state index in [2.05, 4.69) is 20.7 Å². The van der Waals surface area contributed by atoms with Crippen molar-refractivity contribution in [1.82, 2.24) is 9.71 Å². The molecule has 0 spiro atoms. The first-order valence-corrected chi connectivity index (χ1v) is 10.2. The molecule has 0 atom stereocenters. The summed E-state index contributed by atoms with van der Waals surface area (Å²) in [7, 11) is -3.54. The zero-order chi connectivity index (χ0) is 17.9. The third-order valence-corrected chi connectivity index (χ3v) is 6.43. The summed E-state index contributed by atoms with van der Waals surface area (Å²) in [5.41, 5.74) is 1.82. The molecule has 3 rings (SSSR count). The van der Waals surface area contributed by atoms with Crippen molar-refractivity contribution in [3.05, 3.63) is 53.3 Å². The number of benzene rings is 1. The lowest BCUT2D eigenvalue weighted by Gasteiger charge is -2.33. The molecule has 0 bridgehead atoms. The molecule has 1 aliphatic heterocycles. The van der Waals surface area contributed by atoms with Crippen molar-refractivity contribution in [2.24, 2.45) is 5.92 Å². The summed E-state index contributed by atoms with van der Waals surface area (Å²) < 4.78 is 27.8. The first kappa shape index (κ1) is 18.2. The Bertz CT molecular complexity index is 819. The van der Waals surface area contributed by atoms with Crippen LogP contribution in [0.3, 0.4) is 0 Å². The molecule has 134 valence electrons. The Morgan fingerprint density at radius 1 is 1.28 bits per heavy atom. The van der Waals surface area contributed by atoms with Gasteiger partial charge >= 0.3 is 0 Å². The zero-order valence-corrected chi connectivity index (χ0v) is 15.7. The molecule has 5 nitrogen and oxygen atoms in total. The smallest absolute Gasteiger partial charge is 0.240 e. The molecule has 0 saturated carbocycles. The number of pyridine rings is 1. The molecule has 7 heteroatoms. The highest BCUT2D eigenvalue weighted by Gasteiger charge is 2.23. The lowest BCUT2D eigenvalue weighted by Crippen LogP contribution is -2.38. The maximum atomic E-state index is 12.5. The average molecular weight is 380 g/mol. The first-order valence-electron chi connectivity index (χ1n) is 8.36. The van der Waals surface area contributed by atoms with Crippen molar-refractivity contribution in [2.45, 2.75) is 24.7 Å². The van der Waals surface area contributed by atoms with E-state index in [1.54, 1.807) is 25.3 Å². The van der Waals surface area contributed by atoms with Crippen LogP contribution >= 0.6 is 11.6 Å². The van der Waals surface area contributed by atoms with Gasteiger partial charge in [-0.1, -0.05) is 17.7 Å². The molecule has 0 aliphatic carbocycles. The van der Waals surface area contributed by atoms with Crippen molar-refractivity contribution in [1.29, 1.82) is 0 Å². The number of anilines is 1. The molecule has 2 heterocycles. The Morgan fingerprint density at radius 2 is 2.04 bits per heavy atom. The van der Waals surface area contributed by atoms with Crippen molar-refractivity contribution >= 4 is 27.3 Å². The number of halogens is 1. The van der Waals surface area contributed by atoms with E-state index < -0.39 is 10.0 Å². The Morgan fingerprint density at radius 3 is 2.72 bits per heavy atom. The fourth-order valence-corrected chi connectivity index (χ4v) is 4.73. The van der Waals surface area contributed by atoms with E-state index in [0.29, 0.717) is 23.0 Å². The van der Waals surface area contributed by atoms with E-state index in [1.807, 2.05) is 12.3 Å². The molecule has 0 radical (unpaired) electrons. The molecule has 0 amide bonds. The largest absolute Gasteiger partial charge is 0.370 e. The molecule has 1 aromatic heterocycles. The van der Waals surface area contributed by atoms with Crippen molar-refractivity contribution in [2.75, 3.05) is 24.5 Å². The fraction of sp³-hybridized carbons (Fsp3) is 0.389. The molecule has 25 heavy (non-hydrogen) atoms. The Labute approximate surface area is 154 Å². The van der Waals surface area contributed by atoms with E-state index >= 15 is 0 Å². The summed E-state index contributed by atoms with van der Waals surface area (Å²) in [6.45, 7) is 4.05. The lowest BCUT2D eigenvalue weighted by molar-refractivity contribution is 0.402. The fourth-order valence-electron chi connectivity index (χ4n) is 3.10. The number of hydrogen-bond acceptors (Lipinski definition) is 4. The standard InChI is InChI=1S/C18H22ClN3O2S/c1-14-4-5-16(19)11-18(14)25(23,24)21-12-15-6-9-22(10-7-15)17-3-2-8-20-13-17/h2-5,8,11,13,15,21H,6-7,9-10,12H2,1H3. The molecule has 1 N–H and O–H groups in total. The summed E-state index contributed by atoms with van der Waals surface area (Å²) in [5, 5.41) is 0.427. The highest BCUT2D eigenvalue weighted by atomic mass is 35.5. The predicted molar refractivity (Wildman–Crippen MR) is 101 cm³/mol. The molecule has 1 aromatic carbocycles. The Kier molecular flexibility index (Phi) is 5.61. The summed E-state index contributed by atoms with van der Waals surface area (Å²) >= 11 is 5.94. The molecule has 0 unspecified atom stereocenters. The van der Waals surface area contributed by atoms with Crippen molar-refractivity contribution < 1.29 is 8.42 Å². The van der Waals surface area contributed by atoms with Crippen LogP contribution in [0.2, 0.25) is 5.02 Å². The van der Waals surface area contributed by atoms with E-state index in [4.69, 9.17) is 11.6 Å². The summed E-state index contributed by atoms with van der Waals surface area (Å²) in [4.78, 5) is 6.70. The average Bonchev–Trinajstić information content (AvgIpc) is 2.63. The molecule has 2 aromatic rings. The van der Waals surface area contributed by atoms with Crippen molar-refractivity contribution in [3.8, 4) is 0 Å². The second-order valence-electron chi connectivity index (χ2n) is 6.40. The van der Waals surface area contributed by atoms with Gasteiger partial charge in [-0.15, -0.1) is 0 Å². The maximum Gasteiger partial charge on any atom is 0.240 e. The van der Waals surface area contributed by atoms with Gasteiger partial charge in [-0.3, -0.25) is 4.98 Å². The SMILES string of the molecule is Cc1ccc(Cl)cc1S(=O)(=O)NCC1CCN(c2cccnc2)CC1. The van der Waals surface area contributed by atoms with Crippen LogP contribution in [-0.4, -0.2) is 33.0 Å². The molecular formula is C18H22ClN3O2S. The summed E-state index contributed by atoms with van der Waals surface area (Å²) in [6, 6.07) is 8.92. The number of aryl methyl sites for hydroxylation is 1. The van der Waals surface area contributed by atoms with Gasteiger partial charge < -0.3 is 4.90 Å². The van der Waals surface area contributed by atoms with E-state index in [0.717, 1.165) is 31.6 Å². The van der Waals surface area contributed by atoms with Crippen LogP contribution in [0.4, 0.5) is 5.69 Å². The number of piperidine rings is 1. The van der Waals surface area contributed by atoms with Crippen LogP contribution in [0, 0.1) is 12.8 Å². The van der Waals surface area contributed by atoms with Gasteiger partial charge in [-0.25, -0.2) is 13.1 Å². The molecule has 1 fully saturated rings. The van der Waals surface area contributed by atoms with Crippen LogP contribution in [-0.2, 0) is 10.0 Å². The zero-order valence-electron chi connectivity index (χ0n) is 14.2. The van der Waals surface area contributed by atoms with Crippen LogP contribution in [0.1, 0.15) is 18.4 Å². The van der Waals surface area contributed by atoms with Gasteiger partial charge in [-0.05, 0) is 55.5 Å². The van der Waals surface area contributed by atoms with Crippen LogP contribution in [0.15, 0.2) is 47.6 Å². The van der Waals surface area contributed by atoms with E-state index in [9.17, 15) is 8.42 Å². The minimum atomic E-state index is -3.54. The van der Waals surface area contributed by atoms with Gasteiger partial charge in [0.1, 0.15) is 0 Å². The van der Waals surface area contributed by atoms with Gasteiger partial charge in [0.05, 0.1) is 16.8 Å². The van der Waals surface area contributed by atoms with Gasteiger partial charge in [0.25, 0.3) is 0 Å². The number of rotatable bonds is 5. The number of hydrogen-bond donors (Lipinski definition) is 1. The second kappa shape index (κ2) is 7.72. The van der Waals surface area contributed by atoms with Crippen LogP contribution in [0.5, 0.6) is 0 Å². The first-order chi connectivity index (χ1) is 12.0. The van der Waals surface area contributed by atoms with Crippen molar-refractivity contribution in [3.63, 3.8) is 0 Å². The Balaban J connectivity index is 1.57. The van der Waals surface area contributed by atoms with Gasteiger partial charge in [0.2, 0.25) is 10.0 Å². The number of sulfonamides is 1. The van der Waals surface area contributed by atoms with Gasteiger partial charge in [0.15, 0.2) is 0 Å². The third kappa shape index (κ3) is 4.51. The lowest BCUT2D eigenvalue weighted by atomic mass is 9.97. The summed E-state index contributed by atoms with van der Waals surface area (Å²) in [5.74, 6) is 0.335. The van der Waals surface area contributed by atoms with Crippen LogP contribution in [0.25, 0.3) is 0 Å². The molecule has 1 saturated heterocycles. The van der Waals surface area contributed by atoms with Gasteiger partial charge in [0, 0.05) is 30.9 Å². The van der Waals surface area contributed by atoms with E-state index in [-0.39, 0.29) is 4.90 Å². The number of aromatic nitrogens is 1. The second-order valence-corrected chi connectivity index (χ2v) is 8.58. The Hall–Kier alpha value is -1.63. The minimum absolute atomic E-state index is 0.257. The highest BCUT2D eigenvalue weighted by Crippen LogP contribution is 2.23.